The van der Waals surface area contributed by atoms with Crippen molar-refractivity contribution >= 4 is 22.7 Å². The van der Waals surface area contributed by atoms with Gasteiger partial charge in [0.2, 0.25) is 0 Å². The van der Waals surface area contributed by atoms with Gasteiger partial charge in [-0.3, -0.25) is 9.59 Å². The summed E-state index contributed by atoms with van der Waals surface area (Å²) < 4.78 is 9.70. The minimum Gasteiger partial charge on any atom is -0.466 e. The second-order valence-electron chi connectivity index (χ2n) is 3.89. The predicted octanol–water partition coefficient (Wildman–Crippen LogP) is 1.93. The Labute approximate surface area is 108 Å². The molecule has 98 valence electrons. The van der Waals surface area contributed by atoms with Crippen LogP contribution in [0.4, 0.5) is 0 Å². The molecule has 0 aliphatic carbocycles. The number of fused-ring (bicyclic) bond motifs is 1. The summed E-state index contributed by atoms with van der Waals surface area (Å²) in [7, 11) is 0. The van der Waals surface area contributed by atoms with E-state index in [2.05, 4.69) is 4.74 Å². The van der Waals surface area contributed by atoms with Gasteiger partial charge in [0.15, 0.2) is 5.78 Å². The lowest BCUT2D eigenvalue weighted by Crippen LogP contribution is -2.18. The van der Waals surface area contributed by atoms with Crippen molar-refractivity contribution in [1.82, 2.24) is 0 Å². The maximum Gasteiger partial charge on any atom is 0.347 e. The summed E-state index contributed by atoms with van der Waals surface area (Å²) in [6.45, 7) is 1.84. The van der Waals surface area contributed by atoms with E-state index < -0.39 is 23.8 Å². The molecule has 2 rings (SSSR count). The SMILES string of the molecule is CCOC(=O)CC(=O)c1cc2ccccc2oc1=O. The van der Waals surface area contributed by atoms with Crippen molar-refractivity contribution in [1.29, 1.82) is 0 Å². The first kappa shape index (κ1) is 13.0. The molecule has 0 amide bonds. The number of benzene rings is 1. The molecule has 0 radical (unpaired) electrons. The Kier molecular flexibility index (Phi) is 3.75. The standard InChI is InChI=1S/C14H12O5/c1-2-18-13(16)8-11(15)10-7-9-5-3-4-6-12(9)19-14(10)17/h3-7H,2,8H2,1H3. The normalized spacial score (nSPS) is 10.4. The van der Waals surface area contributed by atoms with Crippen LogP contribution in [0, 0.1) is 0 Å². The van der Waals surface area contributed by atoms with Gasteiger partial charge in [0.05, 0.1) is 6.61 Å². The minimum atomic E-state index is -0.743. The van der Waals surface area contributed by atoms with E-state index in [0.717, 1.165) is 0 Å². The molecule has 5 heteroatoms. The number of hydrogen-bond donors (Lipinski definition) is 0. The smallest absolute Gasteiger partial charge is 0.347 e. The number of para-hydroxylation sites is 1. The van der Waals surface area contributed by atoms with Gasteiger partial charge in [-0.25, -0.2) is 4.79 Å². The Morgan fingerprint density at radius 1 is 1.26 bits per heavy atom. The Morgan fingerprint density at radius 3 is 2.74 bits per heavy atom. The fraction of sp³-hybridized carbons (Fsp3) is 0.214. The minimum absolute atomic E-state index is 0.133. The monoisotopic (exact) mass is 260 g/mol. The number of carbonyl (C=O) groups excluding carboxylic acids is 2. The van der Waals surface area contributed by atoms with Crippen LogP contribution in [-0.4, -0.2) is 18.4 Å². The van der Waals surface area contributed by atoms with E-state index >= 15 is 0 Å². The van der Waals surface area contributed by atoms with Crippen molar-refractivity contribution in [3.05, 3.63) is 46.3 Å². The van der Waals surface area contributed by atoms with Crippen LogP contribution in [-0.2, 0) is 9.53 Å². The van der Waals surface area contributed by atoms with Gasteiger partial charge in [-0.2, -0.15) is 0 Å². The van der Waals surface area contributed by atoms with Gasteiger partial charge in [-0.1, -0.05) is 18.2 Å². The van der Waals surface area contributed by atoms with E-state index in [1.807, 2.05) is 0 Å². The molecule has 0 aliphatic rings. The topological polar surface area (TPSA) is 73.6 Å². The molecule has 0 bridgehead atoms. The van der Waals surface area contributed by atoms with Crippen LogP contribution in [0.5, 0.6) is 0 Å². The molecule has 0 N–H and O–H groups in total. The Balaban J connectivity index is 2.34. The fourth-order valence-electron chi connectivity index (χ4n) is 1.69. The summed E-state index contributed by atoms with van der Waals surface area (Å²) in [5.41, 5.74) is -0.472. The Morgan fingerprint density at radius 2 is 2.00 bits per heavy atom. The molecule has 1 aromatic carbocycles. The van der Waals surface area contributed by atoms with E-state index in [4.69, 9.17) is 4.42 Å². The molecule has 5 nitrogen and oxygen atoms in total. The van der Waals surface area contributed by atoms with Crippen LogP contribution < -0.4 is 5.63 Å². The second kappa shape index (κ2) is 5.48. The summed E-state index contributed by atoms with van der Waals surface area (Å²) in [6.07, 6.45) is -0.461. The van der Waals surface area contributed by atoms with Crippen molar-refractivity contribution < 1.29 is 18.7 Å². The number of Topliss-reactive ketones (excluding diaryl/α,β-unsaturated/α-hetero) is 1. The highest BCUT2D eigenvalue weighted by molar-refractivity contribution is 6.06. The Bertz CT molecular complexity index is 684. The lowest BCUT2D eigenvalue weighted by atomic mass is 10.1. The molecule has 1 heterocycles. The zero-order chi connectivity index (χ0) is 13.8. The molecule has 2 aromatic rings. The molecule has 0 unspecified atom stereocenters. The quantitative estimate of drug-likeness (QED) is 0.363. The average molecular weight is 260 g/mol. The van der Waals surface area contributed by atoms with E-state index in [9.17, 15) is 14.4 Å². The predicted molar refractivity (Wildman–Crippen MR) is 68.1 cm³/mol. The van der Waals surface area contributed by atoms with Gasteiger partial charge in [0, 0.05) is 5.39 Å². The van der Waals surface area contributed by atoms with Crippen molar-refractivity contribution in [2.24, 2.45) is 0 Å². The molecular formula is C14H12O5. The average Bonchev–Trinajstić information content (AvgIpc) is 2.38. The van der Waals surface area contributed by atoms with Gasteiger partial charge >= 0.3 is 11.6 Å². The van der Waals surface area contributed by atoms with Crippen LogP contribution >= 0.6 is 0 Å². The zero-order valence-electron chi connectivity index (χ0n) is 10.3. The molecule has 0 saturated carbocycles. The van der Waals surface area contributed by atoms with Gasteiger partial charge in [-0.15, -0.1) is 0 Å². The number of esters is 1. The molecule has 1 aromatic heterocycles. The van der Waals surface area contributed by atoms with Crippen molar-refractivity contribution in [3.63, 3.8) is 0 Å². The number of ketones is 1. The van der Waals surface area contributed by atoms with Crippen LogP contribution in [0.2, 0.25) is 0 Å². The molecular weight excluding hydrogens is 248 g/mol. The lowest BCUT2D eigenvalue weighted by molar-refractivity contribution is -0.141. The maximum atomic E-state index is 11.8. The number of hydrogen-bond acceptors (Lipinski definition) is 5. The summed E-state index contributed by atoms with van der Waals surface area (Å²) in [4.78, 5) is 34.7. The van der Waals surface area contributed by atoms with Crippen LogP contribution in [0.25, 0.3) is 11.0 Å². The van der Waals surface area contributed by atoms with Crippen molar-refractivity contribution in [3.8, 4) is 0 Å². The molecule has 0 atom stereocenters. The highest BCUT2D eigenvalue weighted by Gasteiger charge is 2.17. The van der Waals surface area contributed by atoms with Crippen molar-refractivity contribution in [2.45, 2.75) is 13.3 Å². The highest BCUT2D eigenvalue weighted by Crippen LogP contribution is 2.13. The van der Waals surface area contributed by atoms with Crippen LogP contribution in [0.3, 0.4) is 0 Å². The van der Waals surface area contributed by atoms with Gasteiger partial charge in [0.1, 0.15) is 17.6 Å². The van der Waals surface area contributed by atoms with Crippen LogP contribution in [0.15, 0.2) is 39.5 Å². The summed E-state index contributed by atoms with van der Waals surface area (Å²) in [5, 5.41) is 0.634. The lowest BCUT2D eigenvalue weighted by Gasteiger charge is -2.02. The molecule has 0 fully saturated rings. The zero-order valence-corrected chi connectivity index (χ0v) is 10.3. The van der Waals surface area contributed by atoms with Gasteiger partial charge in [-0.05, 0) is 19.1 Å². The summed E-state index contributed by atoms with van der Waals surface area (Å²) in [5.74, 6) is -1.25. The molecule has 19 heavy (non-hydrogen) atoms. The first-order valence-electron chi connectivity index (χ1n) is 5.83. The van der Waals surface area contributed by atoms with Gasteiger partial charge in [0.25, 0.3) is 0 Å². The first-order valence-corrected chi connectivity index (χ1v) is 5.83. The molecule has 0 saturated heterocycles. The third-order valence-electron chi connectivity index (χ3n) is 2.55. The van der Waals surface area contributed by atoms with E-state index in [0.29, 0.717) is 11.0 Å². The third-order valence-corrected chi connectivity index (χ3v) is 2.55. The molecule has 0 aliphatic heterocycles. The van der Waals surface area contributed by atoms with E-state index in [-0.39, 0.29) is 12.2 Å². The van der Waals surface area contributed by atoms with Crippen molar-refractivity contribution in [2.75, 3.05) is 6.61 Å². The second-order valence-corrected chi connectivity index (χ2v) is 3.89. The number of rotatable bonds is 4. The number of carbonyl (C=O) groups is 2. The first-order chi connectivity index (χ1) is 9.11. The van der Waals surface area contributed by atoms with E-state index in [1.165, 1.54) is 6.07 Å². The maximum absolute atomic E-state index is 11.8. The Hall–Kier alpha value is -2.43. The fourth-order valence-corrected chi connectivity index (χ4v) is 1.69. The summed E-state index contributed by atoms with van der Waals surface area (Å²) >= 11 is 0. The van der Waals surface area contributed by atoms with Gasteiger partial charge < -0.3 is 9.15 Å². The number of ether oxygens (including phenoxy) is 1. The van der Waals surface area contributed by atoms with E-state index in [1.54, 1.807) is 31.2 Å². The highest BCUT2D eigenvalue weighted by atomic mass is 16.5. The summed E-state index contributed by atoms with van der Waals surface area (Å²) in [6, 6.07) is 8.28. The largest absolute Gasteiger partial charge is 0.466 e. The molecule has 0 spiro atoms. The third kappa shape index (κ3) is 2.88. The van der Waals surface area contributed by atoms with Crippen LogP contribution in [0.1, 0.15) is 23.7 Å².